The lowest BCUT2D eigenvalue weighted by Gasteiger charge is -2.24. The SMILES string of the molecule is CN(C)Cc1ccc(C2ONc3cc(F)cc4c(=O)[nH]nc(c34)C2c2ncnn2C)cc1. The van der Waals surface area contributed by atoms with E-state index in [0.717, 1.165) is 17.7 Å². The number of hydrogen-bond acceptors (Lipinski definition) is 7. The van der Waals surface area contributed by atoms with Crippen LogP contribution >= 0.6 is 0 Å². The largest absolute Gasteiger partial charge is 0.305 e. The van der Waals surface area contributed by atoms with Crippen LogP contribution in [0, 0.1) is 5.82 Å². The summed E-state index contributed by atoms with van der Waals surface area (Å²) in [6.07, 6.45) is 0.891. The maximum Gasteiger partial charge on any atom is 0.272 e. The predicted octanol–water partition coefficient (Wildman–Crippen LogP) is 2.48. The molecule has 2 N–H and O–H groups in total. The maximum atomic E-state index is 14.3. The normalized spacial score (nSPS) is 18.0. The van der Waals surface area contributed by atoms with Crippen molar-refractivity contribution in [1.29, 1.82) is 0 Å². The van der Waals surface area contributed by atoms with E-state index >= 15 is 0 Å². The molecule has 3 heterocycles. The van der Waals surface area contributed by atoms with Crippen LogP contribution in [0.5, 0.6) is 0 Å². The molecule has 0 bridgehead atoms. The zero-order valence-corrected chi connectivity index (χ0v) is 17.8. The summed E-state index contributed by atoms with van der Waals surface area (Å²) < 4.78 is 15.9. The smallest absolute Gasteiger partial charge is 0.272 e. The number of benzene rings is 2. The Morgan fingerprint density at radius 3 is 2.69 bits per heavy atom. The number of aromatic nitrogens is 5. The molecule has 0 spiro atoms. The number of halogens is 1. The molecule has 1 aliphatic rings. The average molecular weight is 435 g/mol. The molecule has 0 aliphatic carbocycles. The van der Waals surface area contributed by atoms with Crippen molar-refractivity contribution in [3.63, 3.8) is 0 Å². The van der Waals surface area contributed by atoms with E-state index in [-0.39, 0.29) is 5.39 Å². The molecule has 2 aromatic carbocycles. The third-order valence-corrected chi connectivity index (χ3v) is 5.61. The van der Waals surface area contributed by atoms with E-state index < -0.39 is 23.4 Å². The van der Waals surface area contributed by atoms with Gasteiger partial charge < -0.3 is 4.90 Å². The topological polar surface area (TPSA) is 101 Å². The third-order valence-electron chi connectivity index (χ3n) is 5.61. The molecular formula is C22H22FN7O2. The molecule has 0 fully saturated rings. The highest BCUT2D eigenvalue weighted by Gasteiger charge is 2.37. The van der Waals surface area contributed by atoms with Crippen molar-refractivity contribution in [2.75, 3.05) is 19.6 Å². The molecule has 164 valence electrons. The van der Waals surface area contributed by atoms with Gasteiger partial charge in [0.2, 0.25) is 0 Å². The van der Waals surface area contributed by atoms with Gasteiger partial charge in [0.1, 0.15) is 24.1 Å². The van der Waals surface area contributed by atoms with Crippen LogP contribution in [-0.4, -0.2) is 44.0 Å². The molecule has 2 unspecified atom stereocenters. The summed E-state index contributed by atoms with van der Waals surface area (Å²) in [7, 11) is 5.81. The van der Waals surface area contributed by atoms with Crippen LogP contribution in [0.4, 0.5) is 10.1 Å². The number of aromatic amines is 1. The Hall–Kier alpha value is -3.63. The summed E-state index contributed by atoms with van der Waals surface area (Å²) in [5.41, 5.74) is 5.29. The Labute approximate surface area is 182 Å². The maximum absolute atomic E-state index is 14.3. The Bertz CT molecular complexity index is 1350. The highest BCUT2D eigenvalue weighted by molar-refractivity contribution is 5.95. The van der Waals surface area contributed by atoms with Gasteiger partial charge >= 0.3 is 0 Å². The van der Waals surface area contributed by atoms with Crippen LogP contribution in [0.1, 0.15) is 34.7 Å². The number of H-pyrrole nitrogens is 1. The lowest BCUT2D eigenvalue weighted by atomic mass is 9.89. The Morgan fingerprint density at radius 2 is 2.00 bits per heavy atom. The Balaban J connectivity index is 1.71. The molecule has 10 heteroatoms. The van der Waals surface area contributed by atoms with Crippen LogP contribution in [0.2, 0.25) is 0 Å². The molecule has 0 saturated carbocycles. The summed E-state index contributed by atoms with van der Waals surface area (Å²) in [5, 5.41) is 11.8. The number of hydrogen-bond donors (Lipinski definition) is 2. The zero-order valence-electron chi connectivity index (χ0n) is 17.8. The second-order valence-electron chi connectivity index (χ2n) is 8.15. The van der Waals surface area contributed by atoms with Crippen LogP contribution in [0.25, 0.3) is 10.8 Å². The van der Waals surface area contributed by atoms with Gasteiger partial charge in [-0.25, -0.2) is 14.5 Å². The molecule has 5 rings (SSSR count). The van der Waals surface area contributed by atoms with Gasteiger partial charge in [0.15, 0.2) is 0 Å². The van der Waals surface area contributed by atoms with Crippen molar-refractivity contribution < 1.29 is 9.23 Å². The average Bonchev–Trinajstić information content (AvgIpc) is 3.10. The number of nitrogens with one attached hydrogen (secondary N) is 2. The Kier molecular flexibility index (Phi) is 4.95. The fourth-order valence-electron chi connectivity index (χ4n) is 4.22. The van der Waals surface area contributed by atoms with Gasteiger partial charge in [0, 0.05) is 19.0 Å². The molecular weight excluding hydrogens is 413 g/mol. The highest BCUT2D eigenvalue weighted by atomic mass is 19.1. The van der Waals surface area contributed by atoms with Crippen LogP contribution in [0.15, 0.2) is 47.5 Å². The molecule has 2 aromatic heterocycles. The van der Waals surface area contributed by atoms with Crippen LogP contribution < -0.4 is 11.0 Å². The first-order chi connectivity index (χ1) is 15.4. The first kappa shape index (κ1) is 20.3. The molecule has 0 amide bonds. The van der Waals surface area contributed by atoms with E-state index in [1.807, 2.05) is 38.4 Å². The lowest BCUT2D eigenvalue weighted by molar-refractivity contribution is 0.0848. The van der Waals surface area contributed by atoms with Gasteiger partial charge in [0.25, 0.3) is 5.56 Å². The summed E-state index contributed by atoms with van der Waals surface area (Å²) >= 11 is 0. The van der Waals surface area contributed by atoms with Gasteiger partial charge in [-0.2, -0.15) is 10.2 Å². The third kappa shape index (κ3) is 3.43. The highest BCUT2D eigenvalue weighted by Crippen LogP contribution is 2.44. The quantitative estimate of drug-likeness (QED) is 0.508. The molecule has 2 atom stereocenters. The molecule has 0 saturated heterocycles. The van der Waals surface area contributed by atoms with Crippen LogP contribution in [-0.2, 0) is 18.4 Å². The second-order valence-corrected chi connectivity index (χ2v) is 8.15. The zero-order chi connectivity index (χ0) is 22.4. The number of aryl methyl sites for hydroxylation is 1. The summed E-state index contributed by atoms with van der Waals surface area (Å²) in [6.45, 7) is 0.809. The van der Waals surface area contributed by atoms with E-state index in [1.165, 1.54) is 18.5 Å². The van der Waals surface area contributed by atoms with Gasteiger partial charge in [-0.15, -0.1) is 0 Å². The minimum Gasteiger partial charge on any atom is -0.305 e. The van der Waals surface area contributed by atoms with Gasteiger partial charge in [-0.05, 0) is 37.4 Å². The van der Waals surface area contributed by atoms with E-state index in [9.17, 15) is 9.18 Å². The van der Waals surface area contributed by atoms with Gasteiger partial charge in [-0.3, -0.25) is 19.8 Å². The van der Waals surface area contributed by atoms with Gasteiger partial charge in [0.05, 0.1) is 22.7 Å². The molecule has 4 aromatic rings. The molecule has 9 nitrogen and oxygen atoms in total. The van der Waals surface area contributed by atoms with E-state index in [1.54, 1.807) is 11.7 Å². The summed E-state index contributed by atoms with van der Waals surface area (Å²) in [6, 6.07) is 10.6. The van der Waals surface area contributed by atoms with Crippen molar-refractivity contribution in [1.82, 2.24) is 29.9 Å². The lowest BCUT2D eigenvalue weighted by Crippen LogP contribution is -2.22. The van der Waals surface area contributed by atoms with Crippen molar-refractivity contribution >= 4 is 16.5 Å². The van der Waals surface area contributed by atoms with Gasteiger partial charge in [-0.1, -0.05) is 24.3 Å². The second kappa shape index (κ2) is 7.81. The Morgan fingerprint density at radius 1 is 1.22 bits per heavy atom. The van der Waals surface area contributed by atoms with E-state index in [0.29, 0.717) is 22.6 Å². The van der Waals surface area contributed by atoms with E-state index in [4.69, 9.17) is 4.84 Å². The minimum absolute atomic E-state index is 0.190. The predicted molar refractivity (Wildman–Crippen MR) is 116 cm³/mol. The fourth-order valence-corrected chi connectivity index (χ4v) is 4.22. The number of nitrogens with zero attached hydrogens (tertiary/aromatic N) is 5. The molecule has 32 heavy (non-hydrogen) atoms. The van der Waals surface area contributed by atoms with Crippen molar-refractivity contribution in [3.8, 4) is 0 Å². The summed E-state index contributed by atoms with van der Waals surface area (Å²) in [5.74, 6) is -0.458. The standard InChI is InChI=1S/C22H22FN7O2/c1-29(2)10-12-4-6-13(7-5-12)20-18(21-24-11-25-30(21)3)19-17-15(22(31)27-26-19)8-14(23)9-16(17)28-32-20/h4-9,11,18,20,28H,10H2,1-3H3,(H,27,31). The minimum atomic E-state index is -0.566. The monoisotopic (exact) mass is 435 g/mol. The first-order valence-corrected chi connectivity index (χ1v) is 10.1. The van der Waals surface area contributed by atoms with E-state index in [2.05, 4.69) is 30.7 Å². The van der Waals surface area contributed by atoms with Crippen molar-refractivity contribution in [2.24, 2.45) is 7.05 Å². The molecule has 1 aliphatic heterocycles. The number of anilines is 1. The first-order valence-electron chi connectivity index (χ1n) is 10.1. The van der Waals surface area contributed by atoms with Crippen LogP contribution in [0.3, 0.4) is 0 Å². The number of rotatable bonds is 4. The molecule has 0 radical (unpaired) electrons. The van der Waals surface area contributed by atoms with Crippen molar-refractivity contribution in [2.45, 2.75) is 18.6 Å². The van der Waals surface area contributed by atoms with Crippen molar-refractivity contribution in [3.05, 3.63) is 81.5 Å². The fraction of sp³-hybridized carbons (Fsp3) is 0.273. The summed E-state index contributed by atoms with van der Waals surface area (Å²) in [4.78, 5) is 25.1.